The van der Waals surface area contributed by atoms with Gasteiger partial charge in [-0.05, 0) is 53.9 Å². The van der Waals surface area contributed by atoms with E-state index in [4.69, 9.17) is 4.98 Å². The van der Waals surface area contributed by atoms with Crippen molar-refractivity contribution >= 4 is 53.8 Å². The van der Waals surface area contributed by atoms with Crippen molar-refractivity contribution in [2.24, 2.45) is 17.3 Å². The number of hydrogen-bond donors (Lipinski definition) is 2. The number of nitrogens with zero attached hydrogens (tertiary/aromatic N) is 1. The van der Waals surface area contributed by atoms with Crippen molar-refractivity contribution in [3.05, 3.63) is 83.3 Å². The van der Waals surface area contributed by atoms with E-state index < -0.39 is 0 Å². The molecule has 2 aromatic heterocycles. The molecule has 0 unspecified atom stereocenters. The third-order valence-electron chi connectivity index (χ3n) is 9.03. The van der Waals surface area contributed by atoms with Gasteiger partial charge in [0.25, 0.3) is 0 Å². The predicted octanol–water partition coefficient (Wildman–Crippen LogP) is 12.2. The van der Waals surface area contributed by atoms with E-state index in [9.17, 15) is 9.90 Å². The van der Waals surface area contributed by atoms with E-state index in [-0.39, 0.29) is 48.9 Å². The maximum absolute atomic E-state index is 11.7. The molecule has 48 heavy (non-hydrogen) atoms. The summed E-state index contributed by atoms with van der Waals surface area (Å²) in [7, 11) is 1.97. The Morgan fingerprint density at radius 1 is 0.938 bits per heavy atom. The Kier molecular flexibility index (Phi) is 14.0. The van der Waals surface area contributed by atoms with Crippen LogP contribution in [-0.4, -0.2) is 22.9 Å². The summed E-state index contributed by atoms with van der Waals surface area (Å²) in [5.41, 5.74) is 7.21. The van der Waals surface area contributed by atoms with Gasteiger partial charge in [0.2, 0.25) is 0 Å². The average Bonchev–Trinajstić information content (AvgIpc) is 3.41. The molecule has 2 heterocycles. The number of allylic oxidation sites excluding steroid dienone is 2. The topological polar surface area (TPSA) is 62.2 Å². The molecule has 4 nitrogen and oxygen atoms in total. The Labute approximate surface area is 305 Å². The SMILES string of the molecule is CCC(CC)C(=O)/C=C(\O)C(CC)CC.CNc1cnc(-c2[c-]c(C)cc(C)c2)c2sc3c4ccc(CC(C)(C)C)cc4ccc3c12.[Ir]. The summed E-state index contributed by atoms with van der Waals surface area (Å²) < 4.78 is 2.55. The molecular formula is C42H53IrN2O2S-. The Morgan fingerprint density at radius 2 is 1.58 bits per heavy atom. The van der Waals surface area contributed by atoms with Gasteiger partial charge in [0.15, 0.2) is 5.78 Å². The van der Waals surface area contributed by atoms with E-state index in [0.29, 0.717) is 0 Å². The number of thiophene rings is 1. The summed E-state index contributed by atoms with van der Waals surface area (Å²) in [6.45, 7) is 19.2. The van der Waals surface area contributed by atoms with Crippen molar-refractivity contribution in [2.45, 2.75) is 94.4 Å². The third kappa shape index (κ3) is 9.14. The number of aromatic nitrogens is 1. The number of pyridine rings is 1. The molecular weight excluding hydrogens is 789 g/mol. The number of carbonyl (C=O) groups is 1. The minimum absolute atomic E-state index is 0. The summed E-state index contributed by atoms with van der Waals surface area (Å²) in [5.74, 6) is 0.547. The Balaban J connectivity index is 0.000000334. The van der Waals surface area contributed by atoms with Crippen molar-refractivity contribution < 1.29 is 30.0 Å². The molecule has 0 saturated heterocycles. The molecule has 0 saturated carbocycles. The molecule has 0 bridgehead atoms. The monoisotopic (exact) mass is 842 g/mol. The number of hydrogen-bond acceptors (Lipinski definition) is 5. The van der Waals surface area contributed by atoms with Gasteiger partial charge in [0.05, 0.1) is 11.4 Å². The number of fused-ring (bicyclic) bond motifs is 5. The van der Waals surface area contributed by atoms with E-state index in [0.717, 1.165) is 54.6 Å². The van der Waals surface area contributed by atoms with Crippen molar-refractivity contribution in [1.82, 2.24) is 4.98 Å². The van der Waals surface area contributed by atoms with E-state index in [1.54, 1.807) is 0 Å². The predicted molar refractivity (Wildman–Crippen MR) is 205 cm³/mol. The maximum Gasteiger partial charge on any atom is 0.162 e. The number of aliphatic hydroxyl groups is 1. The van der Waals surface area contributed by atoms with Gasteiger partial charge in [-0.25, -0.2) is 0 Å². The molecule has 2 N–H and O–H groups in total. The first-order valence-corrected chi connectivity index (χ1v) is 18.0. The second-order valence-corrected chi connectivity index (χ2v) is 15.1. The van der Waals surface area contributed by atoms with Crippen LogP contribution in [0, 0.1) is 37.2 Å². The minimum Gasteiger partial charge on any atom is -0.512 e. The number of ketones is 1. The maximum atomic E-state index is 11.7. The van der Waals surface area contributed by atoms with Crippen molar-refractivity contribution in [2.75, 3.05) is 12.4 Å². The van der Waals surface area contributed by atoms with Gasteiger partial charge >= 0.3 is 0 Å². The molecule has 0 aliphatic rings. The Morgan fingerprint density at radius 3 is 2.17 bits per heavy atom. The molecule has 3 aromatic carbocycles. The molecule has 0 aliphatic heterocycles. The van der Waals surface area contributed by atoms with Gasteiger partial charge in [-0.2, -0.15) is 0 Å². The van der Waals surface area contributed by atoms with Crippen LogP contribution in [0.3, 0.4) is 0 Å². The fourth-order valence-electron chi connectivity index (χ4n) is 6.53. The molecule has 0 atom stereocenters. The van der Waals surface area contributed by atoms with Crippen LogP contribution in [-0.2, 0) is 31.3 Å². The standard InChI is InChI=1S/C29H29N2S.C13H24O2.Ir/c1-17-11-18(2)13-21(12-17)26-28-25(24(30-6)16-31-26)23-10-8-20-14-19(15-29(3,4)5)7-9-22(20)27(23)32-28;1-5-10(6-2)12(14)9-13(15)11(7-3)8-4;/h7-12,14,16,30H,15H2,1-6H3;9-11,14H,5-8H2,1-4H3;/q-1;;/b;12-9-;. The zero-order valence-corrected chi connectivity index (χ0v) is 33.6. The summed E-state index contributed by atoms with van der Waals surface area (Å²) in [4.78, 5) is 16.6. The van der Waals surface area contributed by atoms with Crippen LogP contribution in [0.25, 0.3) is 42.2 Å². The largest absolute Gasteiger partial charge is 0.512 e. The van der Waals surface area contributed by atoms with Crippen LogP contribution in [0.1, 0.15) is 90.8 Å². The zero-order chi connectivity index (χ0) is 34.5. The quantitative estimate of drug-likeness (QED) is 0.0835. The zero-order valence-electron chi connectivity index (χ0n) is 30.4. The molecule has 0 aliphatic carbocycles. The molecule has 0 fully saturated rings. The normalized spacial score (nSPS) is 12.0. The van der Waals surface area contributed by atoms with E-state index >= 15 is 0 Å². The fourth-order valence-corrected chi connectivity index (χ4v) is 7.89. The Bertz CT molecular complexity index is 1870. The number of benzene rings is 3. The van der Waals surface area contributed by atoms with Gasteiger partial charge in [0, 0.05) is 77.1 Å². The number of aliphatic hydroxyl groups excluding tert-OH is 1. The second-order valence-electron chi connectivity index (χ2n) is 14.1. The van der Waals surface area contributed by atoms with Crippen molar-refractivity contribution in [3.8, 4) is 11.3 Å². The summed E-state index contributed by atoms with van der Waals surface area (Å²) >= 11 is 1.85. The average molecular weight is 842 g/mol. The first kappa shape index (κ1) is 39.4. The van der Waals surface area contributed by atoms with E-state index in [1.165, 1.54) is 48.1 Å². The summed E-state index contributed by atoms with van der Waals surface area (Å²) in [6, 6.07) is 19.4. The van der Waals surface area contributed by atoms with E-state index in [1.807, 2.05) is 52.3 Å². The number of anilines is 1. The van der Waals surface area contributed by atoms with Crippen LogP contribution in [0.4, 0.5) is 5.69 Å². The minimum atomic E-state index is 0. The van der Waals surface area contributed by atoms with Crippen LogP contribution < -0.4 is 5.32 Å². The van der Waals surface area contributed by atoms with Crippen LogP contribution in [0.5, 0.6) is 0 Å². The van der Waals surface area contributed by atoms with Gasteiger partial charge in [0.1, 0.15) is 0 Å². The van der Waals surface area contributed by atoms with Crippen LogP contribution in [0.2, 0.25) is 0 Å². The molecule has 1 radical (unpaired) electrons. The number of aryl methyl sites for hydroxylation is 2. The molecule has 6 heteroatoms. The molecule has 0 amide bonds. The molecule has 5 rings (SSSR count). The molecule has 259 valence electrons. The van der Waals surface area contributed by atoms with E-state index in [2.05, 4.69) is 88.5 Å². The van der Waals surface area contributed by atoms with Crippen LogP contribution >= 0.6 is 11.3 Å². The smallest absolute Gasteiger partial charge is 0.162 e. The number of nitrogens with one attached hydrogen (secondary N) is 1. The number of rotatable bonds is 10. The fraction of sp³-hybridized carbons (Fsp3) is 0.429. The van der Waals surface area contributed by atoms with Crippen molar-refractivity contribution in [1.29, 1.82) is 0 Å². The third-order valence-corrected chi connectivity index (χ3v) is 10.3. The first-order chi connectivity index (χ1) is 22.3. The van der Waals surface area contributed by atoms with Gasteiger partial charge in [-0.15, -0.1) is 46.2 Å². The molecule has 5 aromatic rings. The van der Waals surface area contributed by atoms with Crippen molar-refractivity contribution in [3.63, 3.8) is 0 Å². The van der Waals surface area contributed by atoms with Gasteiger partial charge < -0.3 is 15.4 Å². The van der Waals surface area contributed by atoms with Gasteiger partial charge in [-0.1, -0.05) is 92.6 Å². The summed E-state index contributed by atoms with van der Waals surface area (Å²) in [5, 5.41) is 18.3. The second kappa shape index (κ2) is 17.1. The van der Waals surface area contributed by atoms with Gasteiger partial charge in [-0.3, -0.25) is 4.79 Å². The number of carbonyl (C=O) groups excluding carboxylic acids is 1. The first-order valence-electron chi connectivity index (χ1n) is 17.2. The van der Waals surface area contributed by atoms with Crippen LogP contribution in [0.15, 0.2) is 60.5 Å². The Hall–Kier alpha value is -3.05. The molecule has 0 spiro atoms. The summed E-state index contributed by atoms with van der Waals surface area (Å²) in [6.07, 6.45) is 7.95.